The maximum Gasteiger partial charge on any atom is 0.325 e. The molecule has 1 aliphatic heterocycles. The molecule has 0 saturated carbocycles. The van der Waals surface area contributed by atoms with E-state index in [0.29, 0.717) is 18.8 Å². The van der Waals surface area contributed by atoms with Crippen LogP contribution in [0.4, 0.5) is 21.9 Å². The van der Waals surface area contributed by atoms with Crippen molar-refractivity contribution in [3.8, 4) is 0 Å². The molecule has 1 saturated heterocycles. The predicted molar refractivity (Wildman–Crippen MR) is 111 cm³/mol. The van der Waals surface area contributed by atoms with E-state index in [-0.39, 0.29) is 31.0 Å². The van der Waals surface area contributed by atoms with E-state index >= 15 is 0 Å². The number of carbonyl (C=O) groups excluding carboxylic acids is 2. The zero-order valence-electron chi connectivity index (χ0n) is 15.6. The molecule has 0 spiro atoms. The van der Waals surface area contributed by atoms with Crippen LogP contribution < -0.4 is 15.5 Å². The number of amides is 2. The molecule has 0 unspecified atom stereocenters. The number of benzene rings is 1. The first-order chi connectivity index (χ1) is 13.2. The summed E-state index contributed by atoms with van der Waals surface area (Å²) in [7, 11) is 1.35. The predicted octanol–water partition coefficient (Wildman–Crippen LogP) is 2.44. The monoisotopic (exact) mass is 405 g/mol. The first-order valence-electron chi connectivity index (χ1n) is 8.77. The fourth-order valence-electron chi connectivity index (χ4n) is 2.84. The van der Waals surface area contributed by atoms with Crippen LogP contribution in [0.5, 0.6) is 0 Å². The number of halogens is 1. The van der Waals surface area contributed by atoms with Crippen molar-refractivity contribution in [2.24, 2.45) is 0 Å². The van der Waals surface area contributed by atoms with E-state index in [2.05, 4.69) is 25.3 Å². The molecule has 2 N–H and O–H groups in total. The maximum atomic E-state index is 12.5. The van der Waals surface area contributed by atoms with Gasteiger partial charge in [0.05, 0.1) is 7.11 Å². The average Bonchev–Trinajstić information content (AvgIpc) is 2.73. The number of hydrogen-bond donors (Lipinski definition) is 2. The first-order valence-corrected chi connectivity index (χ1v) is 8.77. The van der Waals surface area contributed by atoms with Crippen molar-refractivity contribution in [1.82, 2.24) is 9.88 Å². The maximum absolute atomic E-state index is 12.5. The molecule has 3 rings (SSSR count). The molecule has 2 amide bonds. The van der Waals surface area contributed by atoms with Crippen LogP contribution in [0.3, 0.4) is 0 Å². The molecule has 2 aromatic rings. The summed E-state index contributed by atoms with van der Waals surface area (Å²) in [6.07, 6.45) is 3.55. The van der Waals surface area contributed by atoms with Crippen molar-refractivity contribution in [2.45, 2.75) is 0 Å². The van der Waals surface area contributed by atoms with E-state index in [0.717, 1.165) is 24.5 Å². The number of anilines is 3. The molecule has 0 aliphatic carbocycles. The molecule has 1 fully saturated rings. The molecular formula is C19H24ClN5O3. The smallest absolute Gasteiger partial charge is 0.325 e. The minimum Gasteiger partial charge on any atom is -0.468 e. The lowest BCUT2D eigenvalue weighted by atomic mass is 10.2. The highest BCUT2D eigenvalue weighted by atomic mass is 35.5. The van der Waals surface area contributed by atoms with E-state index in [9.17, 15) is 9.59 Å². The fraction of sp³-hybridized carbons (Fsp3) is 0.316. The Hall–Kier alpha value is -3.00. The van der Waals surface area contributed by atoms with Crippen LogP contribution in [0.15, 0.2) is 48.8 Å². The topological polar surface area (TPSA) is 86.8 Å². The summed E-state index contributed by atoms with van der Waals surface area (Å²) in [6.45, 7) is 2.99. The summed E-state index contributed by atoms with van der Waals surface area (Å²) in [5, 5.41) is 5.86. The molecule has 1 aromatic carbocycles. The number of piperazine rings is 1. The third-order valence-corrected chi connectivity index (χ3v) is 4.40. The Morgan fingerprint density at radius 1 is 1.00 bits per heavy atom. The summed E-state index contributed by atoms with van der Waals surface area (Å²) in [5.74, 6) is -0.335. The second kappa shape index (κ2) is 10.4. The van der Waals surface area contributed by atoms with Gasteiger partial charge < -0.3 is 25.2 Å². The third kappa shape index (κ3) is 5.75. The third-order valence-electron chi connectivity index (χ3n) is 4.40. The van der Waals surface area contributed by atoms with Gasteiger partial charge in [0.15, 0.2) is 0 Å². The van der Waals surface area contributed by atoms with Crippen LogP contribution in [0.25, 0.3) is 0 Å². The van der Waals surface area contributed by atoms with Gasteiger partial charge in [-0.15, -0.1) is 12.4 Å². The number of carbonyl (C=O) groups is 2. The van der Waals surface area contributed by atoms with Crippen molar-refractivity contribution in [3.05, 3.63) is 48.8 Å². The van der Waals surface area contributed by atoms with E-state index in [1.165, 1.54) is 7.11 Å². The van der Waals surface area contributed by atoms with E-state index in [1.807, 2.05) is 12.1 Å². The van der Waals surface area contributed by atoms with Gasteiger partial charge in [-0.05, 0) is 36.4 Å². The van der Waals surface area contributed by atoms with E-state index in [1.54, 1.807) is 41.6 Å². The number of pyridine rings is 1. The van der Waals surface area contributed by atoms with Gasteiger partial charge in [0, 0.05) is 55.6 Å². The highest BCUT2D eigenvalue weighted by Crippen LogP contribution is 2.17. The van der Waals surface area contributed by atoms with Gasteiger partial charge >= 0.3 is 12.0 Å². The lowest BCUT2D eigenvalue weighted by Crippen LogP contribution is -2.50. The van der Waals surface area contributed by atoms with Crippen molar-refractivity contribution in [2.75, 3.05) is 55.4 Å². The van der Waals surface area contributed by atoms with Crippen molar-refractivity contribution in [3.63, 3.8) is 0 Å². The Labute approximate surface area is 170 Å². The number of hydrogen-bond acceptors (Lipinski definition) is 6. The molecule has 0 radical (unpaired) electrons. The lowest BCUT2D eigenvalue weighted by molar-refractivity contribution is -0.138. The fourth-order valence-corrected chi connectivity index (χ4v) is 2.84. The number of nitrogens with one attached hydrogen (secondary N) is 2. The minimum atomic E-state index is -0.335. The molecule has 8 nitrogen and oxygen atoms in total. The van der Waals surface area contributed by atoms with Crippen LogP contribution in [0.1, 0.15) is 0 Å². The van der Waals surface area contributed by atoms with Crippen LogP contribution in [-0.4, -0.2) is 61.7 Å². The van der Waals surface area contributed by atoms with Gasteiger partial charge in [-0.2, -0.15) is 0 Å². The van der Waals surface area contributed by atoms with E-state index < -0.39 is 0 Å². The summed E-state index contributed by atoms with van der Waals surface area (Å²) in [5.41, 5.74) is 2.62. The number of aromatic nitrogens is 1. The number of rotatable bonds is 5. The number of esters is 1. The Morgan fingerprint density at radius 2 is 1.61 bits per heavy atom. The Morgan fingerprint density at radius 3 is 2.21 bits per heavy atom. The highest BCUT2D eigenvalue weighted by molar-refractivity contribution is 5.89. The number of ether oxygens (including phenoxy) is 1. The summed E-state index contributed by atoms with van der Waals surface area (Å²) in [4.78, 5) is 31.7. The molecule has 28 heavy (non-hydrogen) atoms. The second-order valence-electron chi connectivity index (χ2n) is 6.12. The van der Waals surface area contributed by atoms with Gasteiger partial charge in [-0.3, -0.25) is 9.78 Å². The lowest BCUT2D eigenvalue weighted by Gasteiger charge is -2.36. The van der Waals surface area contributed by atoms with Crippen molar-refractivity contribution in [1.29, 1.82) is 0 Å². The van der Waals surface area contributed by atoms with Crippen LogP contribution >= 0.6 is 12.4 Å². The molecule has 9 heteroatoms. The van der Waals surface area contributed by atoms with Gasteiger partial charge in [0.2, 0.25) is 0 Å². The molecule has 0 bridgehead atoms. The first kappa shape index (κ1) is 21.3. The Kier molecular flexibility index (Phi) is 7.88. The van der Waals surface area contributed by atoms with Crippen molar-refractivity contribution < 1.29 is 14.3 Å². The SMILES string of the molecule is COC(=O)CNc1ccc(NC(=O)N2CCN(c3ccncc3)CC2)cc1.Cl. The summed E-state index contributed by atoms with van der Waals surface area (Å²) < 4.78 is 4.58. The van der Waals surface area contributed by atoms with Gasteiger partial charge in [0.1, 0.15) is 6.54 Å². The van der Waals surface area contributed by atoms with Crippen molar-refractivity contribution >= 4 is 41.5 Å². The Bertz CT molecular complexity index is 765. The van der Waals surface area contributed by atoms with Crippen LogP contribution in [-0.2, 0) is 9.53 Å². The molecule has 1 aromatic heterocycles. The summed E-state index contributed by atoms with van der Waals surface area (Å²) in [6, 6.07) is 11.0. The minimum absolute atomic E-state index is 0. The number of nitrogens with zero attached hydrogens (tertiary/aromatic N) is 3. The Balaban J connectivity index is 0.00000280. The molecule has 0 atom stereocenters. The summed E-state index contributed by atoms with van der Waals surface area (Å²) >= 11 is 0. The second-order valence-corrected chi connectivity index (χ2v) is 6.12. The zero-order valence-corrected chi connectivity index (χ0v) is 16.4. The highest BCUT2D eigenvalue weighted by Gasteiger charge is 2.21. The normalized spacial score (nSPS) is 13.3. The van der Waals surface area contributed by atoms with Crippen LogP contribution in [0, 0.1) is 0 Å². The van der Waals surface area contributed by atoms with E-state index in [4.69, 9.17) is 0 Å². The van der Waals surface area contributed by atoms with Crippen LogP contribution in [0.2, 0.25) is 0 Å². The standard InChI is InChI=1S/C19H23N5O3.ClH/c1-27-18(25)14-21-15-2-4-16(5-3-15)22-19(26)24-12-10-23(11-13-24)17-6-8-20-9-7-17;/h2-9,21H,10-14H2,1H3,(H,22,26);1H. The zero-order chi connectivity index (χ0) is 19.1. The number of methoxy groups -OCH3 is 1. The van der Waals surface area contributed by atoms with Gasteiger partial charge in [-0.1, -0.05) is 0 Å². The molecule has 2 heterocycles. The average molecular weight is 406 g/mol. The molecular weight excluding hydrogens is 382 g/mol. The van der Waals surface area contributed by atoms with Gasteiger partial charge in [-0.25, -0.2) is 4.79 Å². The largest absolute Gasteiger partial charge is 0.468 e. The molecule has 150 valence electrons. The quantitative estimate of drug-likeness (QED) is 0.743. The van der Waals surface area contributed by atoms with Gasteiger partial charge in [0.25, 0.3) is 0 Å². The number of urea groups is 1. The molecule has 1 aliphatic rings.